The van der Waals surface area contributed by atoms with E-state index in [1.54, 1.807) is 18.2 Å². The van der Waals surface area contributed by atoms with Gasteiger partial charge in [-0.2, -0.15) is 13.2 Å². The van der Waals surface area contributed by atoms with Crippen LogP contribution in [0, 0.1) is 6.92 Å². The summed E-state index contributed by atoms with van der Waals surface area (Å²) in [6, 6.07) is 9.45. The van der Waals surface area contributed by atoms with Crippen molar-refractivity contribution >= 4 is 23.2 Å². The largest absolute Gasteiger partial charge is 0.495 e. The van der Waals surface area contributed by atoms with Crippen LogP contribution in [0.2, 0.25) is 0 Å². The van der Waals surface area contributed by atoms with Crippen molar-refractivity contribution < 1.29 is 27.5 Å². The zero-order valence-corrected chi connectivity index (χ0v) is 15.1. The molecule has 0 fully saturated rings. The lowest BCUT2D eigenvalue weighted by atomic mass is 10.1. The summed E-state index contributed by atoms with van der Waals surface area (Å²) in [4.78, 5) is 25.3. The van der Waals surface area contributed by atoms with Gasteiger partial charge >= 0.3 is 6.18 Å². The Kier molecular flexibility index (Phi) is 6.09. The number of hydrogen-bond donors (Lipinski definition) is 1. The van der Waals surface area contributed by atoms with Gasteiger partial charge in [-0.1, -0.05) is 12.1 Å². The Balaban J connectivity index is 2.23. The first kappa shape index (κ1) is 20.3. The fourth-order valence-corrected chi connectivity index (χ4v) is 2.49. The highest BCUT2D eigenvalue weighted by molar-refractivity contribution is 6.02. The van der Waals surface area contributed by atoms with Crippen LogP contribution >= 0.6 is 0 Å². The lowest BCUT2D eigenvalue weighted by molar-refractivity contribution is -0.137. The Labute approximate surface area is 154 Å². The van der Waals surface area contributed by atoms with Gasteiger partial charge in [-0.05, 0) is 42.8 Å². The molecule has 144 valence electrons. The van der Waals surface area contributed by atoms with Crippen LogP contribution in [0.5, 0.6) is 5.75 Å². The number of carbonyl (C=O) groups is 2. The number of rotatable bonds is 5. The van der Waals surface area contributed by atoms with Crippen LogP contribution in [0.25, 0.3) is 0 Å². The number of anilines is 2. The fraction of sp³-hybridized carbons (Fsp3) is 0.263. The van der Waals surface area contributed by atoms with Gasteiger partial charge < -0.3 is 15.0 Å². The third-order valence-corrected chi connectivity index (χ3v) is 3.80. The average molecular weight is 380 g/mol. The van der Waals surface area contributed by atoms with Crippen molar-refractivity contribution in [3.63, 3.8) is 0 Å². The molecule has 1 N–H and O–H groups in total. The monoisotopic (exact) mass is 380 g/mol. The van der Waals surface area contributed by atoms with E-state index < -0.39 is 30.1 Å². The molecule has 0 aliphatic carbocycles. The number of nitrogens with one attached hydrogen (secondary N) is 1. The van der Waals surface area contributed by atoms with Crippen LogP contribution in [-0.4, -0.2) is 25.5 Å². The minimum Gasteiger partial charge on any atom is -0.495 e. The molecule has 0 heterocycles. The number of nitrogens with zero attached hydrogens (tertiary/aromatic N) is 1. The fourth-order valence-electron chi connectivity index (χ4n) is 2.49. The normalized spacial score (nSPS) is 11.0. The molecule has 0 atom stereocenters. The van der Waals surface area contributed by atoms with Crippen molar-refractivity contribution in [2.24, 2.45) is 0 Å². The van der Waals surface area contributed by atoms with E-state index in [0.29, 0.717) is 11.4 Å². The molecule has 0 saturated carbocycles. The predicted octanol–water partition coefficient (Wildman–Crippen LogP) is 4.01. The molecule has 2 rings (SSSR count). The van der Waals surface area contributed by atoms with E-state index in [-0.39, 0.29) is 5.69 Å². The Morgan fingerprint density at radius 1 is 1.15 bits per heavy atom. The molecule has 0 aliphatic rings. The molecule has 2 amide bonds. The van der Waals surface area contributed by atoms with E-state index in [0.717, 1.165) is 22.6 Å². The van der Waals surface area contributed by atoms with Crippen molar-refractivity contribution in [2.75, 3.05) is 23.9 Å². The summed E-state index contributed by atoms with van der Waals surface area (Å²) >= 11 is 0. The quantitative estimate of drug-likeness (QED) is 0.853. The van der Waals surface area contributed by atoms with Gasteiger partial charge in [0.2, 0.25) is 11.8 Å². The second-order valence-corrected chi connectivity index (χ2v) is 5.91. The number of carbonyl (C=O) groups excluding carboxylic acids is 2. The molecule has 0 aliphatic heterocycles. The summed E-state index contributed by atoms with van der Waals surface area (Å²) in [6.45, 7) is 2.58. The zero-order valence-electron chi connectivity index (χ0n) is 15.1. The van der Waals surface area contributed by atoms with Gasteiger partial charge in [-0.3, -0.25) is 9.59 Å². The maximum atomic E-state index is 12.9. The van der Waals surface area contributed by atoms with Gasteiger partial charge in [0.25, 0.3) is 0 Å². The molecule has 0 bridgehead atoms. The standard InChI is InChI=1S/C19H19F3N2O3/c1-12-7-8-17(27-3)16(9-12)23-18(26)11-24(13(2)25)15-6-4-5-14(10-15)19(20,21)22/h4-10H,11H2,1-3H3,(H,23,26). The highest BCUT2D eigenvalue weighted by Crippen LogP contribution is 2.32. The Morgan fingerprint density at radius 3 is 2.44 bits per heavy atom. The number of ether oxygens (including phenoxy) is 1. The average Bonchev–Trinajstić information content (AvgIpc) is 2.59. The molecule has 0 unspecified atom stereocenters. The molecule has 2 aromatic rings. The first-order valence-electron chi connectivity index (χ1n) is 8.01. The van der Waals surface area contributed by atoms with E-state index in [1.807, 2.05) is 6.92 Å². The van der Waals surface area contributed by atoms with E-state index in [1.165, 1.54) is 26.2 Å². The summed E-state index contributed by atoms with van der Waals surface area (Å²) in [6.07, 6.45) is -4.55. The van der Waals surface area contributed by atoms with Crippen molar-refractivity contribution in [3.05, 3.63) is 53.6 Å². The van der Waals surface area contributed by atoms with Crippen molar-refractivity contribution in [1.29, 1.82) is 0 Å². The molecular weight excluding hydrogens is 361 g/mol. The SMILES string of the molecule is COc1ccc(C)cc1NC(=O)CN(C(C)=O)c1cccc(C(F)(F)F)c1. The van der Waals surface area contributed by atoms with Crippen LogP contribution in [0.3, 0.4) is 0 Å². The highest BCUT2D eigenvalue weighted by Gasteiger charge is 2.31. The molecule has 8 heteroatoms. The summed E-state index contributed by atoms with van der Waals surface area (Å²) in [7, 11) is 1.45. The van der Waals surface area contributed by atoms with E-state index in [2.05, 4.69) is 5.32 Å². The lowest BCUT2D eigenvalue weighted by Gasteiger charge is -2.22. The summed E-state index contributed by atoms with van der Waals surface area (Å²) in [5.41, 5.74) is 0.387. The van der Waals surface area contributed by atoms with Gasteiger partial charge in [0.05, 0.1) is 18.4 Å². The maximum Gasteiger partial charge on any atom is 0.416 e. The number of halogens is 3. The maximum absolute atomic E-state index is 12.9. The second-order valence-electron chi connectivity index (χ2n) is 5.91. The van der Waals surface area contributed by atoms with Crippen LogP contribution in [0.15, 0.2) is 42.5 Å². The van der Waals surface area contributed by atoms with Crippen LogP contribution in [-0.2, 0) is 15.8 Å². The number of methoxy groups -OCH3 is 1. The number of alkyl halides is 3. The molecule has 2 aromatic carbocycles. The van der Waals surface area contributed by atoms with Crippen molar-refractivity contribution in [1.82, 2.24) is 0 Å². The Morgan fingerprint density at radius 2 is 1.85 bits per heavy atom. The van der Waals surface area contributed by atoms with Gasteiger partial charge in [0, 0.05) is 12.6 Å². The number of hydrogen-bond acceptors (Lipinski definition) is 3. The molecule has 0 aromatic heterocycles. The molecule has 0 radical (unpaired) electrons. The number of amides is 2. The van der Waals surface area contributed by atoms with Crippen LogP contribution in [0.1, 0.15) is 18.1 Å². The Bertz CT molecular complexity index is 850. The summed E-state index contributed by atoms with van der Waals surface area (Å²) in [5, 5.41) is 2.62. The van der Waals surface area contributed by atoms with Crippen LogP contribution < -0.4 is 15.0 Å². The first-order chi connectivity index (χ1) is 12.6. The van der Waals surface area contributed by atoms with Gasteiger partial charge in [0.1, 0.15) is 12.3 Å². The van der Waals surface area contributed by atoms with Gasteiger partial charge in [-0.25, -0.2) is 0 Å². The van der Waals surface area contributed by atoms with Gasteiger partial charge in [0.15, 0.2) is 0 Å². The number of benzene rings is 2. The summed E-state index contributed by atoms with van der Waals surface area (Å²) < 4.78 is 43.9. The predicted molar refractivity (Wildman–Crippen MR) is 95.8 cm³/mol. The first-order valence-corrected chi connectivity index (χ1v) is 8.01. The minimum absolute atomic E-state index is 0.0105. The van der Waals surface area contributed by atoms with E-state index in [9.17, 15) is 22.8 Å². The van der Waals surface area contributed by atoms with E-state index >= 15 is 0 Å². The third-order valence-electron chi connectivity index (χ3n) is 3.80. The number of aryl methyl sites for hydroxylation is 1. The molecule has 5 nitrogen and oxygen atoms in total. The van der Waals surface area contributed by atoms with Crippen molar-refractivity contribution in [2.45, 2.75) is 20.0 Å². The third kappa shape index (κ3) is 5.22. The summed E-state index contributed by atoms with van der Waals surface area (Å²) in [5.74, 6) is -0.686. The van der Waals surface area contributed by atoms with Gasteiger partial charge in [-0.15, -0.1) is 0 Å². The van der Waals surface area contributed by atoms with Crippen LogP contribution in [0.4, 0.5) is 24.5 Å². The second kappa shape index (κ2) is 8.11. The Hall–Kier alpha value is -3.03. The molecule has 27 heavy (non-hydrogen) atoms. The molecular formula is C19H19F3N2O3. The zero-order chi connectivity index (χ0) is 20.2. The lowest BCUT2D eigenvalue weighted by Crippen LogP contribution is -2.36. The minimum atomic E-state index is -4.55. The molecule has 0 saturated heterocycles. The van der Waals surface area contributed by atoms with Crippen molar-refractivity contribution in [3.8, 4) is 5.75 Å². The van der Waals surface area contributed by atoms with E-state index in [4.69, 9.17) is 4.74 Å². The highest BCUT2D eigenvalue weighted by atomic mass is 19.4. The smallest absolute Gasteiger partial charge is 0.416 e. The topological polar surface area (TPSA) is 58.6 Å². The molecule has 0 spiro atoms.